The number of non-ortho nitro benzene ring substituents is 1. The second-order valence-corrected chi connectivity index (χ2v) is 9.71. The van der Waals surface area contributed by atoms with Crippen molar-refractivity contribution in [2.75, 3.05) is 13.1 Å². The van der Waals surface area contributed by atoms with Crippen molar-refractivity contribution in [3.63, 3.8) is 0 Å². The maximum Gasteiger partial charge on any atom is 0.270 e. The third-order valence-corrected chi connectivity index (χ3v) is 6.63. The summed E-state index contributed by atoms with van der Waals surface area (Å²) in [4.78, 5) is 54.1. The molecule has 0 aliphatic carbocycles. The fraction of sp³-hybridized carbons (Fsp3) is 0.258. The lowest BCUT2D eigenvalue weighted by atomic mass is 10.1. The molecule has 0 radical (unpaired) electrons. The van der Waals surface area contributed by atoms with Gasteiger partial charge in [-0.1, -0.05) is 61.4 Å². The highest BCUT2D eigenvalue weighted by molar-refractivity contribution is 5.97. The minimum absolute atomic E-state index is 0.00738. The summed E-state index contributed by atoms with van der Waals surface area (Å²) in [5, 5.41) is 11.7. The van der Waals surface area contributed by atoms with E-state index < -0.39 is 10.8 Å². The molecule has 0 saturated carbocycles. The highest BCUT2D eigenvalue weighted by Crippen LogP contribution is 2.18. The minimum Gasteiger partial charge on any atom is -0.464 e. The smallest absolute Gasteiger partial charge is 0.270 e. The first kappa shape index (κ1) is 28.2. The lowest BCUT2D eigenvalue weighted by Gasteiger charge is -2.28. The molecule has 206 valence electrons. The topological polar surface area (TPSA) is 114 Å². The van der Waals surface area contributed by atoms with E-state index >= 15 is 0 Å². The molecule has 0 aliphatic heterocycles. The van der Waals surface area contributed by atoms with Gasteiger partial charge in [0.25, 0.3) is 11.6 Å². The lowest BCUT2D eigenvalue weighted by Crippen LogP contribution is -2.43. The van der Waals surface area contributed by atoms with Gasteiger partial charge in [0.2, 0.25) is 5.91 Å². The number of benzene rings is 3. The molecule has 1 aromatic heterocycles. The van der Waals surface area contributed by atoms with Gasteiger partial charge in [0.15, 0.2) is 5.43 Å². The number of nitro benzene ring substituents is 1. The molecule has 0 atom stereocenters. The van der Waals surface area contributed by atoms with Crippen LogP contribution in [0.25, 0.3) is 11.0 Å². The standard InChI is InChI=1S/C31H31N3O6/c1-3-4-15-32(31(37)24-11-8-12-26(17-24)34(38)39)20-29(35)33(18-23-9-6-5-7-10-23)19-25-21-40-28-14-13-22(2)16-27(28)30(25)36/h5-14,16-17,21H,3-4,15,18-20H2,1-2H3. The molecule has 2 amide bonds. The molecule has 3 aromatic carbocycles. The predicted molar refractivity (Wildman–Crippen MR) is 152 cm³/mol. The summed E-state index contributed by atoms with van der Waals surface area (Å²) in [6.07, 6.45) is 2.83. The highest BCUT2D eigenvalue weighted by atomic mass is 16.6. The van der Waals surface area contributed by atoms with Crippen LogP contribution in [0.1, 0.15) is 46.8 Å². The van der Waals surface area contributed by atoms with Gasteiger partial charge in [-0.05, 0) is 37.1 Å². The van der Waals surface area contributed by atoms with Crippen molar-refractivity contribution in [2.45, 2.75) is 39.8 Å². The van der Waals surface area contributed by atoms with Crippen LogP contribution in [-0.4, -0.2) is 39.6 Å². The number of nitrogens with zero attached hydrogens (tertiary/aromatic N) is 3. The number of hydrogen-bond acceptors (Lipinski definition) is 6. The van der Waals surface area contributed by atoms with Crippen molar-refractivity contribution in [2.24, 2.45) is 0 Å². The first-order valence-corrected chi connectivity index (χ1v) is 13.1. The van der Waals surface area contributed by atoms with Crippen molar-refractivity contribution < 1.29 is 18.9 Å². The Morgan fingerprint density at radius 2 is 1.73 bits per heavy atom. The molecule has 1 heterocycles. The molecule has 0 unspecified atom stereocenters. The molecule has 0 aliphatic rings. The van der Waals surface area contributed by atoms with Gasteiger partial charge >= 0.3 is 0 Å². The van der Waals surface area contributed by atoms with E-state index in [9.17, 15) is 24.5 Å². The van der Waals surface area contributed by atoms with Crippen LogP contribution in [-0.2, 0) is 17.9 Å². The lowest BCUT2D eigenvalue weighted by molar-refractivity contribution is -0.384. The van der Waals surface area contributed by atoms with Gasteiger partial charge in [-0.3, -0.25) is 24.5 Å². The van der Waals surface area contributed by atoms with Crippen molar-refractivity contribution in [1.82, 2.24) is 9.80 Å². The minimum atomic E-state index is -0.559. The van der Waals surface area contributed by atoms with Crippen LogP contribution in [0.3, 0.4) is 0 Å². The molecule has 9 nitrogen and oxygen atoms in total. The predicted octanol–water partition coefficient (Wildman–Crippen LogP) is 5.48. The average Bonchev–Trinajstić information content (AvgIpc) is 2.96. The fourth-order valence-electron chi connectivity index (χ4n) is 4.44. The number of hydrogen-bond donors (Lipinski definition) is 0. The summed E-state index contributed by atoms with van der Waals surface area (Å²) < 4.78 is 5.71. The molecule has 9 heteroatoms. The zero-order valence-electron chi connectivity index (χ0n) is 22.5. The Balaban J connectivity index is 1.64. The number of aryl methyl sites for hydroxylation is 1. The summed E-state index contributed by atoms with van der Waals surface area (Å²) in [6.45, 7) is 4.14. The summed E-state index contributed by atoms with van der Waals surface area (Å²) in [5.74, 6) is -0.826. The molecular formula is C31H31N3O6. The van der Waals surface area contributed by atoms with E-state index in [1.165, 1.54) is 40.3 Å². The van der Waals surface area contributed by atoms with Crippen LogP contribution >= 0.6 is 0 Å². The van der Waals surface area contributed by atoms with Crippen LogP contribution < -0.4 is 5.43 Å². The van der Waals surface area contributed by atoms with Crippen molar-refractivity contribution in [3.8, 4) is 0 Å². The van der Waals surface area contributed by atoms with Crippen LogP contribution in [0.15, 0.2) is 88.3 Å². The monoisotopic (exact) mass is 541 g/mol. The quantitative estimate of drug-likeness (QED) is 0.183. The maximum atomic E-state index is 13.8. The van der Waals surface area contributed by atoms with Gasteiger partial charge in [-0.25, -0.2) is 0 Å². The molecule has 0 fully saturated rings. The number of amides is 2. The first-order valence-electron chi connectivity index (χ1n) is 13.1. The van der Waals surface area contributed by atoms with Crippen molar-refractivity contribution in [1.29, 1.82) is 0 Å². The van der Waals surface area contributed by atoms with Crippen LogP contribution in [0.4, 0.5) is 5.69 Å². The number of unbranched alkanes of at least 4 members (excludes halogenated alkanes) is 1. The molecule has 0 bridgehead atoms. The zero-order valence-corrected chi connectivity index (χ0v) is 22.5. The summed E-state index contributed by atoms with van der Waals surface area (Å²) in [7, 11) is 0. The summed E-state index contributed by atoms with van der Waals surface area (Å²) in [6, 6.07) is 20.2. The normalized spacial score (nSPS) is 10.8. The molecule has 0 spiro atoms. The number of fused-ring (bicyclic) bond motifs is 1. The van der Waals surface area contributed by atoms with Gasteiger partial charge in [0, 0.05) is 30.8 Å². The first-order chi connectivity index (χ1) is 19.3. The molecule has 0 saturated heterocycles. The van der Waals surface area contributed by atoms with Crippen LogP contribution in [0, 0.1) is 17.0 Å². The zero-order chi connectivity index (χ0) is 28.6. The highest BCUT2D eigenvalue weighted by Gasteiger charge is 2.24. The Hall–Kier alpha value is -4.79. The van der Waals surface area contributed by atoms with Gasteiger partial charge in [-0.15, -0.1) is 0 Å². The Labute approximate surface area is 231 Å². The second-order valence-electron chi connectivity index (χ2n) is 9.71. The number of carbonyl (C=O) groups excluding carboxylic acids is 2. The van der Waals surface area contributed by atoms with Crippen molar-refractivity contribution >= 4 is 28.5 Å². The second kappa shape index (κ2) is 12.8. The van der Waals surface area contributed by atoms with Gasteiger partial charge in [0.05, 0.1) is 28.7 Å². The largest absolute Gasteiger partial charge is 0.464 e. The summed E-state index contributed by atoms with van der Waals surface area (Å²) >= 11 is 0. The van der Waals surface area contributed by atoms with Crippen LogP contribution in [0.5, 0.6) is 0 Å². The van der Waals surface area contributed by atoms with E-state index in [1.807, 2.05) is 50.2 Å². The van der Waals surface area contributed by atoms with Crippen LogP contribution in [0.2, 0.25) is 0 Å². The molecule has 0 N–H and O–H groups in total. The molecule has 40 heavy (non-hydrogen) atoms. The van der Waals surface area contributed by atoms with E-state index in [2.05, 4.69) is 0 Å². The van der Waals surface area contributed by atoms with Gasteiger partial charge < -0.3 is 14.2 Å². The third kappa shape index (κ3) is 6.79. The van der Waals surface area contributed by atoms with E-state index in [-0.39, 0.29) is 42.2 Å². The summed E-state index contributed by atoms with van der Waals surface area (Å²) in [5.41, 5.74) is 2.30. The Kier molecular flexibility index (Phi) is 9.06. The van der Waals surface area contributed by atoms with Crippen molar-refractivity contribution in [3.05, 3.63) is 122 Å². The van der Waals surface area contributed by atoms with Gasteiger partial charge in [0.1, 0.15) is 12.1 Å². The Morgan fingerprint density at radius 1 is 0.950 bits per heavy atom. The third-order valence-electron chi connectivity index (χ3n) is 6.63. The molecule has 4 rings (SSSR count). The van der Waals surface area contributed by atoms with E-state index in [1.54, 1.807) is 12.1 Å². The van der Waals surface area contributed by atoms with E-state index in [0.717, 1.165) is 17.5 Å². The average molecular weight is 542 g/mol. The van der Waals surface area contributed by atoms with Gasteiger partial charge in [-0.2, -0.15) is 0 Å². The molecule has 4 aromatic rings. The maximum absolute atomic E-state index is 13.8. The van der Waals surface area contributed by atoms with E-state index in [4.69, 9.17) is 4.42 Å². The SMILES string of the molecule is CCCCN(CC(=O)N(Cc1ccccc1)Cc1coc2ccc(C)cc2c1=O)C(=O)c1cccc([N+](=O)[O-])c1. The number of rotatable bonds is 11. The number of nitro groups is 1. The number of carbonyl (C=O) groups is 2. The van der Waals surface area contributed by atoms with E-state index in [0.29, 0.717) is 29.5 Å². The Morgan fingerprint density at radius 3 is 2.45 bits per heavy atom. The fourth-order valence-corrected chi connectivity index (χ4v) is 4.44. The molecular weight excluding hydrogens is 510 g/mol. The Bertz CT molecular complexity index is 1580.